The molecule has 0 heterocycles. The minimum Gasteiger partial charge on any atom is -0.491 e. The fourth-order valence-corrected chi connectivity index (χ4v) is 2.52. The van der Waals surface area contributed by atoms with E-state index in [1.807, 2.05) is 6.92 Å². The van der Waals surface area contributed by atoms with E-state index in [0.29, 0.717) is 23.5 Å². The number of carbonyl (C=O) groups is 1. The lowest BCUT2D eigenvalue weighted by Crippen LogP contribution is -2.22. The van der Waals surface area contributed by atoms with E-state index in [4.69, 9.17) is 19.3 Å². The second-order valence-electron chi connectivity index (χ2n) is 5.77. The minimum atomic E-state index is -0.876. The number of benzene rings is 1. The van der Waals surface area contributed by atoms with Gasteiger partial charge in [0.1, 0.15) is 24.6 Å². The molecule has 6 heteroatoms. The molecular weight excluding hydrogens is 336 g/mol. The maximum Gasteiger partial charge on any atom is 0.330 e. The van der Waals surface area contributed by atoms with Crippen molar-refractivity contribution in [2.45, 2.75) is 33.0 Å². The maximum absolute atomic E-state index is 11.5. The molecule has 0 saturated heterocycles. The summed E-state index contributed by atoms with van der Waals surface area (Å²) in [4.78, 5) is 11.5. The van der Waals surface area contributed by atoms with Crippen LogP contribution in [-0.4, -0.2) is 49.2 Å². The molecule has 0 saturated carbocycles. The van der Waals surface area contributed by atoms with Crippen LogP contribution in [0.5, 0.6) is 5.75 Å². The van der Waals surface area contributed by atoms with Crippen LogP contribution >= 0.6 is 0 Å². The Kier molecular flexibility index (Phi) is 9.65. The van der Waals surface area contributed by atoms with Gasteiger partial charge in [0.2, 0.25) is 0 Å². The SMILES string of the molecule is CCOC(=O)/C=C(C)/C=C(\C)[C@H](OC)[C@@H](O)c1ccc(OCCO)cc1. The lowest BCUT2D eigenvalue weighted by Gasteiger charge is -2.23. The normalized spacial score (nSPS) is 14.7. The van der Waals surface area contributed by atoms with Crippen molar-refractivity contribution in [3.05, 3.63) is 53.1 Å². The maximum atomic E-state index is 11.5. The van der Waals surface area contributed by atoms with Crippen LogP contribution in [0, 0.1) is 0 Å². The highest BCUT2D eigenvalue weighted by Gasteiger charge is 2.22. The number of hydrogen-bond acceptors (Lipinski definition) is 6. The van der Waals surface area contributed by atoms with Gasteiger partial charge in [-0.1, -0.05) is 18.2 Å². The predicted molar refractivity (Wildman–Crippen MR) is 98.9 cm³/mol. The average Bonchev–Trinajstić information content (AvgIpc) is 2.60. The molecule has 26 heavy (non-hydrogen) atoms. The predicted octanol–water partition coefficient (Wildman–Crippen LogP) is 2.56. The summed E-state index contributed by atoms with van der Waals surface area (Å²) < 4.78 is 15.6. The molecule has 0 spiro atoms. The molecule has 6 nitrogen and oxygen atoms in total. The summed E-state index contributed by atoms with van der Waals surface area (Å²) >= 11 is 0. The smallest absolute Gasteiger partial charge is 0.330 e. The monoisotopic (exact) mass is 364 g/mol. The Morgan fingerprint density at radius 1 is 1.19 bits per heavy atom. The van der Waals surface area contributed by atoms with Crippen molar-refractivity contribution in [3.8, 4) is 5.75 Å². The van der Waals surface area contributed by atoms with Crippen LogP contribution in [0.1, 0.15) is 32.4 Å². The Hall–Kier alpha value is -2.15. The third kappa shape index (κ3) is 7.00. The summed E-state index contributed by atoms with van der Waals surface area (Å²) in [6.45, 7) is 5.85. The van der Waals surface area contributed by atoms with E-state index >= 15 is 0 Å². The van der Waals surface area contributed by atoms with Gasteiger partial charge in [0.25, 0.3) is 0 Å². The van der Waals surface area contributed by atoms with Crippen LogP contribution in [0.4, 0.5) is 0 Å². The zero-order chi connectivity index (χ0) is 19.5. The van der Waals surface area contributed by atoms with Gasteiger partial charge >= 0.3 is 5.97 Å². The van der Waals surface area contributed by atoms with E-state index in [9.17, 15) is 9.90 Å². The fraction of sp³-hybridized carbons (Fsp3) is 0.450. The summed E-state index contributed by atoms with van der Waals surface area (Å²) in [5.41, 5.74) is 2.16. The number of hydrogen-bond donors (Lipinski definition) is 2. The zero-order valence-corrected chi connectivity index (χ0v) is 15.8. The van der Waals surface area contributed by atoms with Crippen molar-refractivity contribution < 1.29 is 29.2 Å². The minimum absolute atomic E-state index is 0.0568. The van der Waals surface area contributed by atoms with Crippen LogP contribution in [0.3, 0.4) is 0 Å². The molecule has 1 aromatic rings. The number of aliphatic hydroxyl groups excluding tert-OH is 2. The molecule has 0 bridgehead atoms. The van der Waals surface area contributed by atoms with Gasteiger partial charge in [0, 0.05) is 13.2 Å². The largest absolute Gasteiger partial charge is 0.491 e. The highest BCUT2D eigenvalue weighted by atomic mass is 16.5. The standard InChI is InChI=1S/C20H28O6/c1-5-25-18(22)13-14(2)12-15(3)20(24-4)19(23)16-6-8-17(9-7-16)26-11-10-21/h6-9,12-13,19-21,23H,5,10-11H2,1-4H3/b14-13+,15-12+/t19-,20-/m0/s1. The first-order chi connectivity index (χ1) is 12.4. The van der Waals surface area contributed by atoms with Crippen molar-refractivity contribution in [1.29, 1.82) is 0 Å². The highest BCUT2D eigenvalue weighted by Crippen LogP contribution is 2.26. The first-order valence-corrected chi connectivity index (χ1v) is 8.50. The average molecular weight is 364 g/mol. The van der Waals surface area contributed by atoms with Crippen LogP contribution < -0.4 is 4.74 Å². The molecule has 144 valence electrons. The van der Waals surface area contributed by atoms with E-state index in [2.05, 4.69) is 0 Å². The fourth-order valence-electron chi connectivity index (χ4n) is 2.52. The van der Waals surface area contributed by atoms with E-state index < -0.39 is 18.2 Å². The summed E-state index contributed by atoms with van der Waals surface area (Å²) in [6.07, 6.45) is 1.75. The summed E-state index contributed by atoms with van der Waals surface area (Å²) in [7, 11) is 1.52. The van der Waals surface area contributed by atoms with Gasteiger partial charge in [-0.25, -0.2) is 4.79 Å². The van der Waals surface area contributed by atoms with Crippen molar-refractivity contribution >= 4 is 5.97 Å². The van der Waals surface area contributed by atoms with E-state index in [1.165, 1.54) is 13.2 Å². The molecule has 2 atom stereocenters. The number of aliphatic hydroxyl groups is 2. The number of ether oxygens (including phenoxy) is 3. The summed E-state index contributed by atoms with van der Waals surface area (Å²) in [5.74, 6) is 0.214. The Labute approximate surface area is 154 Å². The van der Waals surface area contributed by atoms with Crippen molar-refractivity contribution in [3.63, 3.8) is 0 Å². The molecule has 1 aromatic carbocycles. The van der Waals surface area contributed by atoms with Gasteiger partial charge in [-0.15, -0.1) is 0 Å². The van der Waals surface area contributed by atoms with Gasteiger partial charge in [-0.05, 0) is 49.6 Å². The first-order valence-electron chi connectivity index (χ1n) is 8.50. The molecule has 0 unspecified atom stereocenters. The lowest BCUT2D eigenvalue weighted by molar-refractivity contribution is -0.137. The number of methoxy groups -OCH3 is 1. The van der Waals surface area contributed by atoms with Gasteiger partial charge in [-0.2, -0.15) is 0 Å². The topological polar surface area (TPSA) is 85.2 Å². The lowest BCUT2D eigenvalue weighted by atomic mass is 9.97. The van der Waals surface area contributed by atoms with Gasteiger partial charge < -0.3 is 24.4 Å². The number of rotatable bonds is 10. The summed E-state index contributed by atoms with van der Waals surface area (Å²) in [5, 5.41) is 19.4. The molecule has 1 rings (SSSR count). The molecule has 0 aliphatic rings. The molecule has 2 N–H and O–H groups in total. The first kappa shape index (κ1) is 21.9. The Morgan fingerprint density at radius 3 is 2.38 bits per heavy atom. The summed E-state index contributed by atoms with van der Waals surface area (Å²) in [6, 6.07) is 6.95. The van der Waals surface area contributed by atoms with Crippen molar-refractivity contribution in [1.82, 2.24) is 0 Å². The molecule has 0 aliphatic heterocycles. The third-order valence-corrected chi connectivity index (χ3v) is 3.66. The van der Waals surface area contributed by atoms with Crippen LogP contribution in [-0.2, 0) is 14.3 Å². The number of esters is 1. The molecule has 0 amide bonds. The van der Waals surface area contributed by atoms with Crippen molar-refractivity contribution in [2.24, 2.45) is 0 Å². The van der Waals surface area contributed by atoms with E-state index in [1.54, 1.807) is 44.2 Å². The second-order valence-corrected chi connectivity index (χ2v) is 5.77. The quantitative estimate of drug-likeness (QED) is 0.377. The van der Waals surface area contributed by atoms with Crippen LogP contribution in [0.15, 0.2) is 47.6 Å². The molecule has 0 fully saturated rings. The van der Waals surface area contributed by atoms with Gasteiger partial charge in [0.05, 0.1) is 13.2 Å². The number of allylic oxidation sites excluding steroid dienone is 2. The second kappa shape index (κ2) is 11.5. The molecule has 0 aliphatic carbocycles. The molecular formula is C20H28O6. The van der Waals surface area contributed by atoms with Gasteiger partial charge in [0.15, 0.2) is 0 Å². The molecule has 0 radical (unpaired) electrons. The van der Waals surface area contributed by atoms with Crippen molar-refractivity contribution in [2.75, 3.05) is 26.9 Å². The van der Waals surface area contributed by atoms with Crippen LogP contribution in [0.2, 0.25) is 0 Å². The van der Waals surface area contributed by atoms with Crippen LogP contribution in [0.25, 0.3) is 0 Å². The Bertz CT molecular complexity index is 618. The Morgan fingerprint density at radius 2 is 1.85 bits per heavy atom. The van der Waals surface area contributed by atoms with E-state index in [-0.39, 0.29) is 13.2 Å². The Balaban J connectivity index is 2.88. The highest BCUT2D eigenvalue weighted by molar-refractivity contribution is 5.83. The zero-order valence-electron chi connectivity index (χ0n) is 15.8. The van der Waals surface area contributed by atoms with Gasteiger partial charge in [-0.3, -0.25) is 0 Å². The third-order valence-electron chi connectivity index (χ3n) is 3.66. The van der Waals surface area contributed by atoms with E-state index in [0.717, 1.165) is 5.57 Å². The number of carbonyl (C=O) groups excluding carboxylic acids is 1. The molecule has 0 aromatic heterocycles.